The van der Waals surface area contributed by atoms with Gasteiger partial charge >= 0.3 is 0 Å². The number of piperidine rings is 1. The monoisotopic (exact) mass is 318 g/mol. The molecule has 1 saturated heterocycles. The summed E-state index contributed by atoms with van der Waals surface area (Å²) in [5, 5.41) is 0. The van der Waals surface area contributed by atoms with E-state index in [0.29, 0.717) is 11.5 Å². The molecule has 2 unspecified atom stereocenters. The SMILES string of the molecule is COc1cc(/C=C/C(=O)N2CCCCC2C(C)N)cc(OC)c1. The fourth-order valence-electron chi connectivity index (χ4n) is 2.97. The maximum atomic E-state index is 12.5. The van der Waals surface area contributed by atoms with Crippen LogP contribution >= 0.6 is 0 Å². The number of hydrogen-bond donors (Lipinski definition) is 1. The Balaban J connectivity index is 2.13. The molecule has 0 radical (unpaired) electrons. The second-order valence-corrected chi connectivity index (χ2v) is 5.93. The normalized spacial score (nSPS) is 19.7. The van der Waals surface area contributed by atoms with Crippen molar-refractivity contribution in [3.63, 3.8) is 0 Å². The molecular weight excluding hydrogens is 292 g/mol. The van der Waals surface area contributed by atoms with Gasteiger partial charge in [0.2, 0.25) is 5.91 Å². The second-order valence-electron chi connectivity index (χ2n) is 5.93. The van der Waals surface area contributed by atoms with Crippen LogP contribution in [0.1, 0.15) is 31.7 Å². The van der Waals surface area contributed by atoms with Gasteiger partial charge in [-0.3, -0.25) is 4.79 Å². The van der Waals surface area contributed by atoms with E-state index in [1.165, 1.54) is 0 Å². The zero-order valence-corrected chi connectivity index (χ0v) is 14.1. The summed E-state index contributed by atoms with van der Waals surface area (Å²) in [5.74, 6) is 1.40. The summed E-state index contributed by atoms with van der Waals surface area (Å²) in [6.45, 7) is 2.74. The molecule has 0 aromatic heterocycles. The van der Waals surface area contributed by atoms with Gasteiger partial charge in [-0.05, 0) is 50.0 Å². The van der Waals surface area contributed by atoms with Crippen molar-refractivity contribution >= 4 is 12.0 Å². The molecular formula is C18H26N2O3. The predicted molar refractivity (Wildman–Crippen MR) is 91.6 cm³/mol. The molecule has 1 fully saturated rings. The molecule has 1 amide bonds. The summed E-state index contributed by atoms with van der Waals surface area (Å²) in [7, 11) is 3.21. The van der Waals surface area contributed by atoms with Gasteiger partial charge in [0.15, 0.2) is 0 Å². The Morgan fingerprint density at radius 3 is 2.48 bits per heavy atom. The summed E-state index contributed by atoms with van der Waals surface area (Å²) >= 11 is 0. The molecule has 1 aliphatic heterocycles. The lowest BCUT2D eigenvalue weighted by Crippen LogP contribution is -2.51. The van der Waals surface area contributed by atoms with Gasteiger partial charge in [0, 0.05) is 30.8 Å². The summed E-state index contributed by atoms with van der Waals surface area (Å²) in [5.41, 5.74) is 6.89. The molecule has 23 heavy (non-hydrogen) atoms. The number of benzene rings is 1. The lowest BCUT2D eigenvalue weighted by atomic mass is 9.97. The highest BCUT2D eigenvalue weighted by atomic mass is 16.5. The molecule has 5 heteroatoms. The van der Waals surface area contributed by atoms with E-state index in [2.05, 4.69) is 0 Å². The van der Waals surface area contributed by atoms with Crippen molar-refractivity contribution in [2.75, 3.05) is 20.8 Å². The summed E-state index contributed by atoms with van der Waals surface area (Å²) in [4.78, 5) is 14.4. The number of hydrogen-bond acceptors (Lipinski definition) is 4. The highest BCUT2D eigenvalue weighted by Gasteiger charge is 2.27. The largest absolute Gasteiger partial charge is 0.497 e. The fourth-order valence-corrected chi connectivity index (χ4v) is 2.97. The number of nitrogens with two attached hydrogens (primary N) is 1. The van der Waals surface area contributed by atoms with E-state index < -0.39 is 0 Å². The summed E-state index contributed by atoms with van der Waals surface area (Å²) in [6, 6.07) is 5.65. The van der Waals surface area contributed by atoms with Crippen molar-refractivity contribution in [3.8, 4) is 11.5 Å². The summed E-state index contributed by atoms with van der Waals surface area (Å²) in [6.07, 6.45) is 6.54. The van der Waals surface area contributed by atoms with E-state index in [-0.39, 0.29) is 18.0 Å². The summed E-state index contributed by atoms with van der Waals surface area (Å²) < 4.78 is 10.5. The van der Waals surface area contributed by atoms with Crippen LogP contribution in [0.4, 0.5) is 0 Å². The first-order valence-corrected chi connectivity index (χ1v) is 8.02. The second kappa shape index (κ2) is 8.02. The molecule has 0 aliphatic carbocycles. The Bertz CT molecular complexity index is 547. The zero-order valence-electron chi connectivity index (χ0n) is 14.1. The van der Waals surface area contributed by atoms with Crippen molar-refractivity contribution in [2.45, 2.75) is 38.3 Å². The van der Waals surface area contributed by atoms with Crippen LogP contribution in [0.25, 0.3) is 6.08 Å². The first-order chi connectivity index (χ1) is 11.0. The Kier molecular flexibility index (Phi) is 6.04. The van der Waals surface area contributed by atoms with Gasteiger partial charge in [-0.1, -0.05) is 0 Å². The molecule has 5 nitrogen and oxygen atoms in total. The zero-order chi connectivity index (χ0) is 16.8. The van der Waals surface area contributed by atoms with Crippen LogP contribution in [0, 0.1) is 0 Å². The molecule has 0 bridgehead atoms. The highest BCUT2D eigenvalue weighted by molar-refractivity contribution is 5.92. The third-order valence-corrected chi connectivity index (χ3v) is 4.23. The van der Waals surface area contributed by atoms with E-state index in [9.17, 15) is 4.79 Å². The Hall–Kier alpha value is -2.01. The molecule has 0 saturated carbocycles. The van der Waals surface area contributed by atoms with Gasteiger partial charge in [-0.15, -0.1) is 0 Å². The molecule has 1 aliphatic rings. The quantitative estimate of drug-likeness (QED) is 0.847. The van der Waals surface area contributed by atoms with Gasteiger partial charge in [-0.2, -0.15) is 0 Å². The van der Waals surface area contributed by atoms with Crippen LogP contribution in [0.2, 0.25) is 0 Å². The Labute approximate surface area is 138 Å². The number of likely N-dealkylation sites (tertiary alicyclic amines) is 1. The Morgan fingerprint density at radius 2 is 1.91 bits per heavy atom. The minimum Gasteiger partial charge on any atom is -0.497 e. The number of nitrogens with zero attached hydrogens (tertiary/aromatic N) is 1. The Morgan fingerprint density at radius 1 is 1.26 bits per heavy atom. The van der Waals surface area contributed by atoms with E-state index >= 15 is 0 Å². The fraction of sp³-hybridized carbons (Fsp3) is 0.500. The van der Waals surface area contributed by atoms with Crippen LogP contribution in [0.15, 0.2) is 24.3 Å². The molecule has 2 rings (SSSR count). The maximum Gasteiger partial charge on any atom is 0.246 e. The molecule has 1 heterocycles. The van der Waals surface area contributed by atoms with Gasteiger partial charge in [0.1, 0.15) is 11.5 Å². The van der Waals surface area contributed by atoms with Crippen LogP contribution in [-0.4, -0.2) is 43.7 Å². The van der Waals surface area contributed by atoms with Crippen molar-refractivity contribution in [3.05, 3.63) is 29.8 Å². The van der Waals surface area contributed by atoms with Crippen molar-refractivity contribution < 1.29 is 14.3 Å². The lowest BCUT2D eigenvalue weighted by Gasteiger charge is -2.37. The average molecular weight is 318 g/mol. The van der Waals surface area contributed by atoms with Gasteiger partial charge in [0.25, 0.3) is 0 Å². The number of carbonyl (C=O) groups is 1. The van der Waals surface area contributed by atoms with Crippen molar-refractivity contribution in [1.82, 2.24) is 4.90 Å². The molecule has 0 spiro atoms. The number of rotatable bonds is 5. The van der Waals surface area contributed by atoms with E-state index in [4.69, 9.17) is 15.2 Å². The topological polar surface area (TPSA) is 64.8 Å². The number of ether oxygens (including phenoxy) is 2. The van der Waals surface area contributed by atoms with Crippen molar-refractivity contribution in [2.24, 2.45) is 5.73 Å². The van der Waals surface area contributed by atoms with Crippen LogP contribution in [0.3, 0.4) is 0 Å². The number of amides is 1. The van der Waals surface area contributed by atoms with Gasteiger partial charge < -0.3 is 20.1 Å². The average Bonchev–Trinajstić information content (AvgIpc) is 2.59. The molecule has 1 aromatic rings. The highest BCUT2D eigenvalue weighted by Crippen LogP contribution is 2.24. The predicted octanol–water partition coefficient (Wildman–Crippen LogP) is 2.45. The maximum absolute atomic E-state index is 12.5. The molecule has 2 N–H and O–H groups in total. The minimum absolute atomic E-state index is 0.00814. The van der Waals surface area contributed by atoms with E-state index in [1.54, 1.807) is 32.4 Å². The van der Waals surface area contributed by atoms with Crippen molar-refractivity contribution in [1.29, 1.82) is 0 Å². The number of methoxy groups -OCH3 is 2. The number of carbonyl (C=O) groups excluding carboxylic acids is 1. The van der Waals surface area contributed by atoms with Crippen LogP contribution in [-0.2, 0) is 4.79 Å². The molecule has 1 aromatic carbocycles. The first-order valence-electron chi connectivity index (χ1n) is 8.02. The molecule has 2 atom stereocenters. The van der Waals surface area contributed by atoms with Gasteiger partial charge in [0.05, 0.1) is 14.2 Å². The lowest BCUT2D eigenvalue weighted by molar-refractivity contribution is -0.129. The third kappa shape index (κ3) is 4.48. The minimum atomic E-state index is -0.00966. The molecule has 126 valence electrons. The standard InChI is InChI=1S/C18H26N2O3/c1-13(19)17-6-4-5-9-20(17)18(21)8-7-14-10-15(22-2)12-16(11-14)23-3/h7-8,10-13,17H,4-6,9,19H2,1-3H3/b8-7+. The van der Waals surface area contributed by atoms with Crippen LogP contribution in [0.5, 0.6) is 11.5 Å². The van der Waals surface area contributed by atoms with Crippen LogP contribution < -0.4 is 15.2 Å². The van der Waals surface area contributed by atoms with Gasteiger partial charge in [-0.25, -0.2) is 0 Å². The van der Waals surface area contributed by atoms with E-state index in [0.717, 1.165) is 31.4 Å². The third-order valence-electron chi connectivity index (χ3n) is 4.23. The van der Waals surface area contributed by atoms with E-state index in [1.807, 2.05) is 24.0 Å². The first kappa shape index (κ1) is 17.3. The smallest absolute Gasteiger partial charge is 0.246 e.